The second kappa shape index (κ2) is 5.11. The quantitative estimate of drug-likeness (QED) is 0.785. The van der Waals surface area contributed by atoms with Gasteiger partial charge in [-0.05, 0) is 25.0 Å². The van der Waals surface area contributed by atoms with Crippen LogP contribution in [-0.4, -0.2) is 11.2 Å². The van der Waals surface area contributed by atoms with Gasteiger partial charge < -0.3 is 5.11 Å². The van der Waals surface area contributed by atoms with Gasteiger partial charge in [0.05, 0.1) is 6.10 Å². The summed E-state index contributed by atoms with van der Waals surface area (Å²) in [6, 6.07) is 5.00. The van der Waals surface area contributed by atoms with Gasteiger partial charge in [0.25, 0.3) is 0 Å². The van der Waals surface area contributed by atoms with E-state index in [9.17, 15) is 9.50 Å². The predicted molar refractivity (Wildman–Crippen MR) is 55.8 cm³/mol. The Morgan fingerprint density at radius 3 is 2.79 bits per heavy atom. The molecule has 0 amide bonds. The Balaban J connectivity index is 2.70. The van der Waals surface area contributed by atoms with Crippen LogP contribution in [0.3, 0.4) is 0 Å². The van der Waals surface area contributed by atoms with Crippen LogP contribution < -0.4 is 0 Å². The van der Waals surface area contributed by atoms with Gasteiger partial charge in [-0.15, -0.1) is 0 Å². The number of aliphatic hydroxyl groups is 1. The SMILES string of the molecule is CCCC(O)Cc1cc(C)ccc1F. The monoisotopic (exact) mass is 196 g/mol. The van der Waals surface area contributed by atoms with E-state index in [2.05, 4.69) is 0 Å². The van der Waals surface area contributed by atoms with Crippen molar-refractivity contribution in [1.29, 1.82) is 0 Å². The van der Waals surface area contributed by atoms with Gasteiger partial charge in [-0.3, -0.25) is 0 Å². The minimum absolute atomic E-state index is 0.217. The van der Waals surface area contributed by atoms with E-state index in [1.807, 2.05) is 13.8 Å². The van der Waals surface area contributed by atoms with Crippen molar-refractivity contribution in [1.82, 2.24) is 0 Å². The standard InChI is InChI=1S/C12H17FO/c1-3-4-11(14)8-10-7-9(2)5-6-12(10)13/h5-7,11,14H,3-4,8H2,1-2H3. The third kappa shape index (κ3) is 3.11. The van der Waals surface area contributed by atoms with E-state index in [-0.39, 0.29) is 5.82 Å². The van der Waals surface area contributed by atoms with Gasteiger partial charge in [0.2, 0.25) is 0 Å². The largest absolute Gasteiger partial charge is 0.393 e. The Morgan fingerprint density at radius 1 is 1.43 bits per heavy atom. The highest BCUT2D eigenvalue weighted by Gasteiger charge is 2.08. The highest BCUT2D eigenvalue weighted by Crippen LogP contribution is 2.13. The first kappa shape index (κ1) is 11.2. The topological polar surface area (TPSA) is 20.2 Å². The lowest BCUT2D eigenvalue weighted by Crippen LogP contribution is -2.11. The van der Waals surface area contributed by atoms with Crippen LogP contribution in [0.2, 0.25) is 0 Å². The molecule has 0 aliphatic rings. The van der Waals surface area contributed by atoms with Gasteiger partial charge in [-0.25, -0.2) is 4.39 Å². The molecule has 0 heterocycles. The number of hydrogen-bond donors (Lipinski definition) is 1. The maximum absolute atomic E-state index is 13.3. The van der Waals surface area contributed by atoms with Gasteiger partial charge in [0, 0.05) is 6.42 Å². The molecule has 1 rings (SSSR count). The summed E-state index contributed by atoms with van der Waals surface area (Å²) in [7, 11) is 0. The first-order chi connectivity index (χ1) is 6.63. The van der Waals surface area contributed by atoms with Crippen LogP contribution in [0.25, 0.3) is 0 Å². The average molecular weight is 196 g/mol. The molecule has 0 saturated carbocycles. The fourth-order valence-electron chi connectivity index (χ4n) is 1.55. The molecule has 1 unspecified atom stereocenters. The van der Waals surface area contributed by atoms with E-state index in [0.717, 1.165) is 18.4 Å². The van der Waals surface area contributed by atoms with Crippen molar-refractivity contribution in [3.8, 4) is 0 Å². The van der Waals surface area contributed by atoms with Crippen molar-refractivity contribution in [2.24, 2.45) is 0 Å². The summed E-state index contributed by atoms with van der Waals surface area (Å²) in [4.78, 5) is 0. The van der Waals surface area contributed by atoms with Crippen molar-refractivity contribution in [3.63, 3.8) is 0 Å². The van der Waals surface area contributed by atoms with Crippen LogP contribution in [-0.2, 0) is 6.42 Å². The first-order valence-corrected chi connectivity index (χ1v) is 5.06. The predicted octanol–water partition coefficient (Wildman–Crippen LogP) is 2.84. The van der Waals surface area contributed by atoms with Crippen LogP contribution in [0.1, 0.15) is 30.9 Å². The van der Waals surface area contributed by atoms with Crippen molar-refractivity contribution in [3.05, 3.63) is 35.1 Å². The number of hydrogen-bond acceptors (Lipinski definition) is 1. The summed E-state index contributed by atoms with van der Waals surface area (Å²) in [6.45, 7) is 3.94. The molecule has 1 aromatic carbocycles. The molecule has 78 valence electrons. The van der Waals surface area contributed by atoms with Gasteiger partial charge >= 0.3 is 0 Å². The van der Waals surface area contributed by atoms with Crippen LogP contribution in [0.5, 0.6) is 0 Å². The Hall–Kier alpha value is -0.890. The van der Waals surface area contributed by atoms with Crippen molar-refractivity contribution in [2.45, 2.75) is 39.2 Å². The Labute approximate surface area is 84.6 Å². The number of benzene rings is 1. The second-order valence-electron chi connectivity index (χ2n) is 3.74. The third-order valence-corrected chi connectivity index (χ3v) is 2.28. The van der Waals surface area contributed by atoms with Gasteiger partial charge in [0.15, 0.2) is 0 Å². The zero-order valence-corrected chi connectivity index (χ0v) is 8.76. The fraction of sp³-hybridized carbons (Fsp3) is 0.500. The summed E-state index contributed by atoms with van der Waals surface area (Å²) in [5, 5.41) is 9.55. The number of halogens is 1. The summed E-state index contributed by atoms with van der Waals surface area (Å²) in [5.41, 5.74) is 1.65. The number of aryl methyl sites for hydroxylation is 1. The molecule has 0 aromatic heterocycles. The number of aliphatic hydroxyl groups excluding tert-OH is 1. The Bertz CT molecular complexity index is 296. The van der Waals surface area contributed by atoms with Gasteiger partial charge in [-0.1, -0.05) is 31.0 Å². The molecule has 0 radical (unpaired) electrons. The second-order valence-corrected chi connectivity index (χ2v) is 3.74. The third-order valence-electron chi connectivity index (χ3n) is 2.28. The minimum atomic E-state index is -0.420. The van der Waals surface area contributed by atoms with Crippen molar-refractivity contribution in [2.75, 3.05) is 0 Å². The maximum atomic E-state index is 13.3. The lowest BCUT2D eigenvalue weighted by atomic mass is 10.0. The van der Waals surface area contributed by atoms with E-state index in [0.29, 0.717) is 12.0 Å². The summed E-state index contributed by atoms with van der Waals surface area (Å²) >= 11 is 0. The van der Waals surface area contributed by atoms with E-state index in [1.54, 1.807) is 12.1 Å². The molecule has 0 fully saturated rings. The van der Waals surface area contributed by atoms with Crippen molar-refractivity contribution >= 4 is 0 Å². The molecule has 1 atom stereocenters. The molecule has 0 bridgehead atoms. The first-order valence-electron chi connectivity index (χ1n) is 5.06. The molecule has 1 nitrogen and oxygen atoms in total. The Kier molecular flexibility index (Phi) is 4.08. The van der Waals surface area contributed by atoms with E-state index >= 15 is 0 Å². The zero-order valence-electron chi connectivity index (χ0n) is 8.76. The average Bonchev–Trinajstić information content (AvgIpc) is 2.12. The minimum Gasteiger partial charge on any atom is -0.393 e. The molecular weight excluding hydrogens is 179 g/mol. The molecule has 0 spiro atoms. The molecule has 2 heteroatoms. The van der Waals surface area contributed by atoms with E-state index in [4.69, 9.17) is 0 Å². The van der Waals surface area contributed by atoms with E-state index in [1.165, 1.54) is 6.07 Å². The van der Waals surface area contributed by atoms with Crippen LogP contribution in [0.15, 0.2) is 18.2 Å². The lowest BCUT2D eigenvalue weighted by molar-refractivity contribution is 0.162. The molecule has 1 aromatic rings. The molecule has 1 N–H and O–H groups in total. The maximum Gasteiger partial charge on any atom is 0.126 e. The smallest absolute Gasteiger partial charge is 0.126 e. The highest BCUT2D eigenvalue weighted by molar-refractivity contribution is 5.24. The summed E-state index contributed by atoms with van der Waals surface area (Å²) < 4.78 is 13.3. The van der Waals surface area contributed by atoms with Crippen LogP contribution in [0.4, 0.5) is 4.39 Å². The fourth-order valence-corrected chi connectivity index (χ4v) is 1.55. The highest BCUT2D eigenvalue weighted by atomic mass is 19.1. The molecule has 0 aliphatic heterocycles. The lowest BCUT2D eigenvalue weighted by Gasteiger charge is -2.10. The summed E-state index contributed by atoms with van der Waals surface area (Å²) in [5.74, 6) is -0.217. The van der Waals surface area contributed by atoms with Crippen LogP contribution in [0, 0.1) is 12.7 Å². The zero-order chi connectivity index (χ0) is 10.6. The molecule has 0 aliphatic carbocycles. The normalized spacial score (nSPS) is 12.9. The number of rotatable bonds is 4. The van der Waals surface area contributed by atoms with Gasteiger partial charge in [0.1, 0.15) is 5.82 Å². The Morgan fingerprint density at radius 2 is 2.14 bits per heavy atom. The summed E-state index contributed by atoms with van der Waals surface area (Å²) in [6.07, 6.45) is 1.65. The molecule has 14 heavy (non-hydrogen) atoms. The molecular formula is C12H17FO. The van der Waals surface area contributed by atoms with Gasteiger partial charge in [-0.2, -0.15) is 0 Å². The van der Waals surface area contributed by atoms with Crippen LogP contribution >= 0.6 is 0 Å². The van der Waals surface area contributed by atoms with E-state index < -0.39 is 6.10 Å². The molecule has 0 saturated heterocycles. The van der Waals surface area contributed by atoms with Crippen molar-refractivity contribution < 1.29 is 9.50 Å².